The van der Waals surface area contributed by atoms with Crippen molar-refractivity contribution >= 4 is 10.0 Å². The lowest BCUT2D eigenvalue weighted by Gasteiger charge is -2.07. The fourth-order valence-electron chi connectivity index (χ4n) is 1.38. The third-order valence-electron chi connectivity index (χ3n) is 2.27. The Kier molecular flexibility index (Phi) is 3.50. The van der Waals surface area contributed by atoms with Crippen LogP contribution in [-0.4, -0.2) is 8.42 Å². The molecule has 7 heteroatoms. The molecule has 0 aromatic heterocycles. The van der Waals surface area contributed by atoms with Crippen LogP contribution in [-0.2, 0) is 10.0 Å². The van der Waals surface area contributed by atoms with Crippen LogP contribution in [0.1, 0.15) is 0 Å². The van der Waals surface area contributed by atoms with E-state index in [-0.39, 0.29) is 16.4 Å². The second kappa shape index (κ2) is 4.94. The van der Waals surface area contributed by atoms with Gasteiger partial charge in [0, 0.05) is 6.07 Å². The highest BCUT2D eigenvalue weighted by atomic mass is 32.2. The number of ether oxygens (including phenoxy) is 1. The van der Waals surface area contributed by atoms with Gasteiger partial charge in [-0.1, -0.05) is 0 Å². The van der Waals surface area contributed by atoms with Crippen LogP contribution in [0.15, 0.2) is 47.4 Å². The number of benzene rings is 2. The van der Waals surface area contributed by atoms with Gasteiger partial charge in [0.15, 0.2) is 11.6 Å². The van der Waals surface area contributed by atoms with Crippen molar-refractivity contribution < 1.29 is 21.9 Å². The highest BCUT2D eigenvalue weighted by Gasteiger charge is 2.09. The predicted molar refractivity (Wildman–Crippen MR) is 64.2 cm³/mol. The molecule has 0 bridgehead atoms. The maximum atomic E-state index is 13.3. The molecule has 2 aromatic rings. The summed E-state index contributed by atoms with van der Waals surface area (Å²) in [6, 6.07) is 7.80. The summed E-state index contributed by atoms with van der Waals surface area (Å²) in [7, 11) is -3.80. The molecular formula is C12H9F2NO3S. The van der Waals surface area contributed by atoms with Gasteiger partial charge in [0.2, 0.25) is 10.0 Å². The van der Waals surface area contributed by atoms with Gasteiger partial charge >= 0.3 is 0 Å². The first-order chi connectivity index (χ1) is 8.86. The molecule has 0 spiro atoms. The van der Waals surface area contributed by atoms with Gasteiger partial charge in [0.1, 0.15) is 11.6 Å². The first-order valence-electron chi connectivity index (χ1n) is 5.12. The van der Waals surface area contributed by atoms with E-state index in [1.54, 1.807) is 0 Å². The van der Waals surface area contributed by atoms with E-state index < -0.39 is 21.7 Å². The Morgan fingerprint density at radius 1 is 1.00 bits per heavy atom. The smallest absolute Gasteiger partial charge is 0.238 e. The summed E-state index contributed by atoms with van der Waals surface area (Å²) >= 11 is 0. The summed E-state index contributed by atoms with van der Waals surface area (Å²) in [5.74, 6) is -1.49. The van der Waals surface area contributed by atoms with Crippen LogP contribution in [0.2, 0.25) is 0 Å². The number of rotatable bonds is 3. The van der Waals surface area contributed by atoms with Gasteiger partial charge in [-0.2, -0.15) is 0 Å². The Morgan fingerprint density at radius 2 is 1.63 bits per heavy atom. The maximum absolute atomic E-state index is 13.3. The molecule has 100 valence electrons. The molecule has 0 amide bonds. The quantitative estimate of drug-likeness (QED) is 0.941. The van der Waals surface area contributed by atoms with Crippen molar-refractivity contribution in [1.29, 1.82) is 0 Å². The maximum Gasteiger partial charge on any atom is 0.238 e. The van der Waals surface area contributed by atoms with Gasteiger partial charge in [-0.15, -0.1) is 0 Å². The second-order valence-corrected chi connectivity index (χ2v) is 5.25. The summed E-state index contributed by atoms with van der Waals surface area (Å²) in [6.45, 7) is 0. The van der Waals surface area contributed by atoms with Crippen molar-refractivity contribution in [3.05, 3.63) is 54.1 Å². The molecule has 2 rings (SSSR count). The minimum absolute atomic E-state index is 0.0976. The molecule has 2 N–H and O–H groups in total. The Morgan fingerprint density at radius 3 is 2.21 bits per heavy atom. The van der Waals surface area contributed by atoms with E-state index in [1.165, 1.54) is 24.3 Å². The Balaban J connectivity index is 2.27. The van der Waals surface area contributed by atoms with E-state index in [9.17, 15) is 17.2 Å². The molecule has 19 heavy (non-hydrogen) atoms. The van der Waals surface area contributed by atoms with Crippen molar-refractivity contribution in [2.24, 2.45) is 5.14 Å². The first kappa shape index (κ1) is 13.4. The summed E-state index contributed by atoms with van der Waals surface area (Å²) in [4.78, 5) is -0.0976. The highest BCUT2D eigenvalue weighted by Crippen LogP contribution is 2.25. The van der Waals surface area contributed by atoms with Crippen molar-refractivity contribution in [1.82, 2.24) is 0 Å². The van der Waals surface area contributed by atoms with Crippen LogP contribution < -0.4 is 9.88 Å². The largest absolute Gasteiger partial charge is 0.454 e. The van der Waals surface area contributed by atoms with Gasteiger partial charge in [-0.25, -0.2) is 22.3 Å². The predicted octanol–water partition coefficient (Wildman–Crippen LogP) is 2.40. The van der Waals surface area contributed by atoms with Gasteiger partial charge in [-0.3, -0.25) is 0 Å². The number of halogens is 2. The van der Waals surface area contributed by atoms with E-state index in [0.29, 0.717) is 0 Å². The van der Waals surface area contributed by atoms with Gasteiger partial charge in [0.05, 0.1) is 4.90 Å². The Bertz CT molecular complexity index is 699. The molecule has 0 aliphatic carbocycles. The minimum Gasteiger partial charge on any atom is -0.454 e. The third kappa shape index (κ3) is 3.27. The van der Waals surface area contributed by atoms with E-state index in [2.05, 4.69) is 0 Å². The van der Waals surface area contributed by atoms with Crippen LogP contribution in [0.4, 0.5) is 8.78 Å². The Hall–Kier alpha value is -1.99. The molecule has 0 unspecified atom stereocenters. The number of hydrogen-bond acceptors (Lipinski definition) is 3. The van der Waals surface area contributed by atoms with Crippen molar-refractivity contribution in [2.75, 3.05) is 0 Å². The monoisotopic (exact) mass is 285 g/mol. The summed E-state index contributed by atoms with van der Waals surface area (Å²) in [5.41, 5.74) is 0. The van der Waals surface area contributed by atoms with Crippen LogP contribution in [0.25, 0.3) is 0 Å². The van der Waals surface area contributed by atoms with Gasteiger partial charge in [0.25, 0.3) is 0 Å². The molecule has 0 heterocycles. The van der Waals surface area contributed by atoms with Crippen molar-refractivity contribution in [3.63, 3.8) is 0 Å². The zero-order valence-electron chi connectivity index (χ0n) is 9.51. The highest BCUT2D eigenvalue weighted by molar-refractivity contribution is 7.89. The third-order valence-corrected chi connectivity index (χ3v) is 3.20. The Labute approximate surface area is 108 Å². The standard InChI is InChI=1S/C12H9F2NO3S/c13-8-1-6-11(14)12(7-8)18-9-2-4-10(5-3-9)19(15,16)17/h1-7H,(H2,15,16,17). The van der Waals surface area contributed by atoms with Crippen LogP contribution in [0, 0.1) is 11.6 Å². The van der Waals surface area contributed by atoms with E-state index in [4.69, 9.17) is 9.88 Å². The van der Waals surface area contributed by atoms with E-state index in [0.717, 1.165) is 18.2 Å². The lowest BCUT2D eigenvalue weighted by atomic mass is 10.3. The number of nitrogens with two attached hydrogens (primary N) is 1. The molecule has 0 atom stereocenters. The molecule has 4 nitrogen and oxygen atoms in total. The molecule has 0 fully saturated rings. The topological polar surface area (TPSA) is 69.4 Å². The second-order valence-electron chi connectivity index (χ2n) is 3.69. The molecule has 0 aliphatic heterocycles. The molecule has 2 aromatic carbocycles. The summed E-state index contributed by atoms with van der Waals surface area (Å²) in [6.07, 6.45) is 0. The zero-order chi connectivity index (χ0) is 14.0. The normalized spacial score (nSPS) is 11.3. The lowest BCUT2D eigenvalue weighted by molar-refractivity contribution is 0.436. The van der Waals surface area contributed by atoms with Crippen molar-refractivity contribution in [2.45, 2.75) is 4.90 Å². The van der Waals surface area contributed by atoms with E-state index in [1.807, 2.05) is 0 Å². The molecule has 0 saturated heterocycles. The fourth-order valence-corrected chi connectivity index (χ4v) is 1.90. The average molecular weight is 285 g/mol. The zero-order valence-corrected chi connectivity index (χ0v) is 10.3. The van der Waals surface area contributed by atoms with Crippen LogP contribution in [0.5, 0.6) is 11.5 Å². The first-order valence-corrected chi connectivity index (χ1v) is 6.67. The lowest BCUT2D eigenvalue weighted by Crippen LogP contribution is -2.11. The van der Waals surface area contributed by atoms with Gasteiger partial charge < -0.3 is 4.74 Å². The molecular weight excluding hydrogens is 276 g/mol. The number of primary sulfonamides is 1. The van der Waals surface area contributed by atoms with Gasteiger partial charge in [-0.05, 0) is 36.4 Å². The fraction of sp³-hybridized carbons (Fsp3) is 0. The SMILES string of the molecule is NS(=O)(=O)c1ccc(Oc2cc(F)ccc2F)cc1. The molecule has 0 aliphatic rings. The average Bonchev–Trinajstić information content (AvgIpc) is 2.33. The number of sulfonamides is 1. The number of hydrogen-bond donors (Lipinski definition) is 1. The van der Waals surface area contributed by atoms with Crippen LogP contribution in [0.3, 0.4) is 0 Å². The summed E-state index contributed by atoms with van der Waals surface area (Å²) < 4.78 is 53.4. The molecule has 0 radical (unpaired) electrons. The summed E-state index contributed by atoms with van der Waals surface area (Å²) in [5, 5.41) is 4.93. The minimum atomic E-state index is -3.80. The van der Waals surface area contributed by atoms with Crippen LogP contribution >= 0.6 is 0 Å². The van der Waals surface area contributed by atoms with E-state index >= 15 is 0 Å². The molecule has 0 saturated carbocycles. The van der Waals surface area contributed by atoms with Crippen molar-refractivity contribution in [3.8, 4) is 11.5 Å².